The van der Waals surface area contributed by atoms with Gasteiger partial charge in [0.25, 0.3) is 5.91 Å². The Labute approximate surface area is 170 Å². The summed E-state index contributed by atoms with van der Waals surface area (Å²) in [4.78, 5) is 39.3. The van der Waals surface area contributed by atoms with Gasteiger partial charge in [0.1, 0.15) is 5.54 Å². The van der Waals surface area contributed by atoms with Gasteiger partial charge in [0.15, 0.2) is 0 Å². The molecular weight excluding hydrogens is 374 g/mol. The number of rotatable bonds is 4. The third-order valence-corrected chi connectivity index (χ3v) is 6.52. The van der Waals surface area contributed by atoms with Crippen molar-refractivity contribution >= 4 is 35.2 Å². The number of thioether (sulfide) groups is 1. The van der Waals surface area contributed by atoms with E-state index in [-0.39, 0.29) is 17.7 Å². The summed E-state index contributed by atoms with van der Waals surface area (Å²) < 4.78 is 0. The zero-order valence-corrected chi connectivity index (χ0v) is 17.5. The predicted octanol–water partition coefficient (Wildman–Crippen LogP) is 2.96. The summed E-state index contributed by atoms with van der Waals surface area (Å²) in [6.07, 6.45) is 4.24. The van der Waals surface area contributed by atoms with Crippen molar-refractivity contribution in [1.29, 1.82) is 0 Å². The van der Waals surface area contributed by atoms with E-state index in [1.54, 1.807) is 12.1 Å². The molecule has 28 heavy (non-hydrogen) atoms. The lowest BCUT2D eigenvalue weighted by molar-refractivity contribution is -0.130. The molecule has 152 valence electrons. The van der Waals surface area contributed by atoms with Crippen LogP contribution in [0.2, 0.25) is 0 Å². The van der Waals surface area contributed by atoms with Gasteiger partial charge >= 0.3 is 0 Å². The van der Waals surface area contributed by atoms with Crippen LogP contribution in [-0.4, -0.2) is 52.8 Å². The molecule has 6 nitrogen and oxygen atoms in total. The van der Waals surface area contributed by atoms with E-state index in [1.807, 2.05) is 29.7 Å². The molecule has 2 N–H and O–H groups in total. The normalized spacial score (nSPS) is 19.0. The molecule has 1 aliphatic heterocycles. The molecule has 7 heteroatoms. The number of carbonyl (C=O) groups excluding carboxylic acids is 3. The van der Waals surface area contributed by atoms with Gasteiger partial charge in [0.2, 0.25) is 11.8 Å². The Morgan fingerprint density at radius 2 is 1.75 bits per heavy atom. The van der Waals surface area contributed by atoms with Gasteiger partial charge in [-0.05, 0) is 43.5 Å². The lowest BCUT2D eigenvalue weighted by Crippen LogP contribution is -2.57. The van der Waals surface area contributed by atoms with Crippen molar-refractivity contribution in [3.63, 3.8) is 0 Å². The lowest BCUT2D eigenvalue weighted by Gasteiger charge is -2.36. The number of carbonyl (C=O) groups is 3. The number of benzene rings is 1. The molecule has 1 aliphatic carbocycles. The van der Waals surface area contributed by atoms with Crippen LogP contribution >= 0.6 is 11.8 Å². The first kappa shape index (κ1) is 20.7. The molecule has 0 spiro atoms. The predicted molar refractivity (Wildman–Crippen MR) is 113 cm³/mol. The van der Waals surface area contributed by atoms with Crippen LogP contribution in [0.5, 0.6) is 0 Å². The van der Waals surface area contributed by atoms with Crippen molar-refractivity contribution in [3.05, 3.63) is 29.3 Å². The second kappa shape index (κ2) is 8.99. The fourth-order valence-electron chi connectivity index (χ4n) is 4.03. The van der Waals surface area contributed by atoms with Gasteiger partial charge in [-0.25, -0.2) is 0 Å². The number of aryl methyl sites for hydroxylation is 1. The van der Waals surface area contributed by atoms with E-state index in [0.717, 1.165) is 49.4 Å². The van der Waals surface area contributed by atoms with E-state index in [0.29, 0.717) is 24.1 Å². The van der Waals surface area contributed by atoms with E-state index >= 15 is 0 Å². The summed E-state index contributed by atoms with van der Waals surface area (Å²) in [6.45, 7) is 4.90. The summed E-state index contributed by atoms with van der Waals surface area (Å²) >= 11 is 1.87. The molecule has 2 aliphatic rings. The van der Waals surface area contributed by atoms with Crippen LogP contribution in [0.15, 0.2) is 18.2 Å². The number of amides is 3. The molecule has 0 atom stereocenters. The maximum Gasteiger partial charge on any atom is 0.253 e. The molecule has 1 heterocycles. The Hall–Kier alpha value is -2.02. The summed E-state index contributed by atoms with van der Waals surface area (Å²) in [6, 6.07) is 5.41. The van der Waals surface area contributed by atoms with Crippen LogP contribution in [0, 0.1) is 6.92 Å². The van der Waals surface area contributed by atoms with Crippen LogP contribution in [0.1, 0.15) is 54.9 Å². The maximum atomic E-state index is 13.0. The second-order valence-electron chi connectivity index (χ2n) is 7.71. The van der Waals surface area contributed by atoms with E-state index < -0.39 is 5.54 Å². The minimum atomic E-state index is -0.837. The van der Waals surface area contributed by atoms with E-state index in [1.165, 1.54) is 6.92 Å². The van der Waals surface area contributed by atoms with Crippen LogP contribution in [0.3, 0.4) is 0 Å². The van der Waals surface area contributed by atoms with Crippen molar-refractivity contribution < 1.29 is 14.4 Å². The molecule has 3 amide bonds. The highest BCUT2D eigenvalue weighted by molar-refractivity contribution is 7.99. The molecule has 0 bridgehead atoms. The quantitative estimate of drug-likeness (QED) is 0.810. The van der Waals surface area contributed by atoms with Crippen LogP contribution in [0.25, 0.3) is 0 Å². The molecule has 1 saturated carbocycles. The molecule has 3 rings (SSSR count). The maximum absolute atomic E-state index is 13.0. The summed E-state index contributed by atoms with van der Waals surface area (Å²) in [7, 11) is 0. The fourth-order valence-corrected chi connectivity index (χ4v) is 4.93. The highest BCUT2D eigenvalue weighted by Gasteiger charge is 2.40. The minimum absolute atomic E-state index is 0.0447. The van der Waals surface area contributed by atoms with Crippen molar-refractivity contribution in [2.75, 3.05) is 29.9 Å². The number of hydrogen-bond acceptors (Lipinski definition) is 4. The molecule has 0 unspecified atom stereocenters. The topological polar surface area (TPSA) is 78.5 Å². The van der Waals surface area contributed by atoms with Gasteiger partial charge < -0.3 is 15.5 Å². The average molecular weight is 404 g/mol. The number of nitrogens with zero attached hydrogens (tertiary/aromatic N) is 1. The molecule has 0 radical (unpaired) electrons. The molecule has 2 fully saturated rings. The molecule has 0 aromatic heterocycles. The Morgan fingerprint density at radius 1 is 1.07 bits per heavy atom. The van der Waals surface area contributed by atoms with Gasteiger partial charge in [0, 0.05) is 42.8 Å². The molecule has 1 saturated heterocycles. The monoisotopic (exact) mass is 403 g/mol. The second-order valence-corrected chi connectivity index (χ2v) is 8.94. The fraction of sp³-hybridized carbons (Fsp3) is 0.571. The average Bonchev–Trinajstić information content (AvgIpc) is 2.69. The van der Waals surface area contributed by atoms with Crippen molar-refractivity contribution in [3.8, 4) is 0 Å². The van der Waals surface area contributed by atoms with Crippen LogP contribution in [-0.2, 0) is 9.59 Å². The molecule has 1 aromatic carbocycles. The SMILES string of the molecule is CC(=O)NC1(C(=O)Nc2ccc(C(=O)N3CCSCC3)cc2C)CCCCC1. The summed E-state index contributed by atoms with van der Waals surface area (Å²) in [5, 5.41) is 5.88. The van der Waals surface area contributed by atoms with Crippen molar-refractivity contribution in [2.24, 2.45) is 0 Å². The first-order valence-corrected chi connectivity index (χ1v) is 11.1. The van der Waals surface area contributed by atoms with Gasteiger partial charge in [-0.2, -0.15) is 11.8 Å². The third kappa shape index (κ3) is 4.69. The van der Waals surface area contributed by atoms with Crippen LogP contribution < -0.4 is 10.6 Å². The van der Waals surface area contributed by atoms with Crippen LogP contribution in [0.4, 0.5) is 5.69 Å². The third-order valence-electron chi connectivity index (χ3n) is 5.58. The highest BCUT2D eigenvalue weighted by atomic mass is 32.2. The van der Waals surface area contributed by atoms with Gasteiger partial charge in [-0.1, -0.05) is 19.3 Å². The number of nitrogens with one attached hydrogen (secondary N) is 2. The molecular formula is C21H29N3O3S. The lowest BCUT2D eigenvalue weighted by atomic mass is 9.80. The van der Waals surface area contributed by atoms with Gasteiger partial charge in [0.05, 0.1) is 0 Å². The summed E-state index contributed by atoms with van der Waals surface area (Å²) in [5.74, 6) is 1.64. The Kier molecular flexibility index (Phi) is 6.65. The zero-order chi connectivity index (χ0) is 20.1. The van der Waals surface area contributed by atoms with Crippen molar-refractivity contribution in [1.82, 2.24) is 10.2 Å². The van der Waals surface area contributed by atoms with E-state index in [9.17, 15) is 14.4 Å². The van der Waals surface area contributed by atoms with Gasteiger partial charge in [-0.3, -0.25) is 14.4 Å². The first-order valence-electron chi connectivity index (χ1n) is 9.99. The van der Waals surface area contributed by atoms with E-state index in [4.69, 9.17) is 0 Å². The van der Waals surface area contributed by atoms with Crippen molar-refractivity contribution in [2.45, 2.75) is 51.5 Å². The number of anilines is 1. The Bertz CT molecular complexity index is 753. The number of hydrogen-bond donors (Lipinski definition) is 2. The Balaban J connectivity index is 1.73. The standard InChI is InChI=1S/C21H29N3O3S/c1-15-14-17(19(26)24-10-12-28-13-11-24)6-7-18(15)22-20(27)21(23-16(2)25)8-4-3-5-9-21/h6-7,14H,3-5,8-13H2,1-2H3,(H,22,27)(H,23,25). The smallest absolute Gasteiger partial charge is 0.253 e. The van der Waals surface area contributed by atoms with Gasteiger partial charge in [-0.15, -0.1) is 0 Å². The van der Waals surface area contributed by atoms with E-state index in [2.05, 4.69) is 10.6 Å². The first-order chi connectivity index (χ1) is 13.4. The highest BCUT2D eigenvalue weighted by Crippen LogP contribution is 2.30. The Morgan fingerprint density at radius 3 is 2.36 bits per heavy atom. The molecule has 1 aromatic rings. The summed E-state index contributed by atoms with van der Waals surface area (Å²) in [5.41, 5.74) is 1.35. The zero-order valence-electron chi connectivity index (χ0n) is 16.7. The minimum Gasteiger partial charge on any atom is -0.342 e. The largest absolute Gasteiger partial charge is 0.342 e.